The molecule has 1 aromatic carbocycles. The quantitative estimate of drug-likeness (QED) is 0.457. The van der Waals surface area contributed by atoms with E-state index in [4.69, 9.17) is 11.6 Å². The zero-order chi connectivity index (χ0) is 12.5. The second kappa shape index (κ2) is 4.71. The van der Waals surface area contributed by atoms with Crippen LogP contribution in [0.5, 0.6) is 0 Å². The predicted octanol–water partition coefficient (Wildman–Crippen LogP) is 4.03. The van der Waals surface area contributed by atoms with Gasteiger partial charge < -0.3 is 0 Å². The largest absolute Gasteiger partial charge is 0.418 e. The number of hydrogen-bond donors (Lipinski definition) is 0. The molecule has 0 aliphatic rings. The minimum Gasteiger partial charge on any atom is -0.293 e. The Morgan fingerprint density at radius 3 is 2.38 bits per heavy atom. The van der Waals surface area contributed by atoms with Crippen LogP contribution in [0.1, 0.15) is 15.9 Å². The second-order valence-corrected chi connectivity index (χ2v) is 3.96. The standard InChI is InChI=1S/C9H4BrClF4O/c10-4-1-2-5(12)7(6(16)3-11)8(4)9(13,14)15/h1-2H,3H2. The van der Waals surface area contributed by atoms with Gasteiger partial charge in [0.15, 0.2) is 5.78 Å². The average Bonchev–Trinajstić information content (AvgIpc) is 2.18. The van der Waals surface area contributed by atoms with Gasteiger partial charge in [-0.3, -0.25) is 4.79 Å². The van der Waals surface area contributed by atoms with Gasteiger partial charge >= 0.3 is 6.18 Å². The number of hydrogen-bond acceptors (Lipinski definition) is 1. The van der Waals surface area contributed by atoms with Crippen LogP contribution in [0, 0.1) is 5.82 Å². The molecule has 0 aromatic heterocycles. The van der Waals surface area contributed by atoms with Crippen LogP contribution in [0.15, 0.2) is 16.6 Å². The Bertz CT molecular complexity index is 430. The fourth-order valence-corrected chi connectivity index (χ4v) is 1.86. The third-order valence-corrected chi connectivity index (χ3v) is 2.69. The molecule has 0 unspecified atom stereocenters. The first-order valence-corrected chi connectivity index (χ1v) is 5.26. The van der Waals surface area contributed by atoms with Crippen LogP contribution in [-0.4, -0.2) is 11.7 Å². The first-order chi connectivity index (χ1) is 7.29. The minimum absolute atomic E-state index is 0.394. The molecule has 0 N–H and O–H groups in total. The highest BCUT2D eigenvalue weighted by Gasteiger charge is 2.38. The van der Waals surface area contributed by atoms with E-state index in [0.29, 0.717) is 0 Å². The summed E-state index contributed by atoms with van der Waals surface area (Å²) in [6, 6.07) is 1.67. The molecule has 0 aliphatic carbocycles. The monoisotopic (exact) mass is 318 g/mol. The molecule has 16 heavy (non-hydrogen) atoms. The van der Waals surface area contributed by atoms with E-state index in [1.165, 1.54) is 0 Å². The molecular weight excluding hydrogens is 315 g/mol. The highest BCUT2D eigenvalue weighted by Crippen LogP contribution is 2.38. The van der Waals surface area contributed by atoms with Crippen molar-refractivity contribution in [2.24, 2.45) is 0 Å². The van der Waals surface area contributed by atoms with E-state index >= 15 is 0 Å². The number of halogens is 6. The molecule has 0 amide bonds. The SMILES string of the molecule is O=C(CCl)c1c(F)ccc(Br)c1C(F)(F)F. The maximum Gasteiger partial charge on any atom is 0.418 e. The van der Waals surface area contributed by atoms with Crippen LogP contribution >= 0.6 is 27.5 Å². The van der Waals surface area contributed by atoms with Gasteiger partial charge in [-0.25, -0.2) is 4.39 Å². The van der Waals surface area contributed by atoms with Gasteiger partial charge in [0.25, 0.3) is 0 Å². The summed E-state index contributed by atoms with van der Waals surface area (Å²) in [5, 5.41) is 0. The molecular formula is C9H4BrClF4O. The van der Waals surface area contributed by atoms with Crippen molar-refractivity contribution in [3.8, 4) is 0 Å². The molecule has 0 fully saturated rings. The minimum atomic E-state index is -4.82. The average molecular weight is 319 g/mol. The molecule has 7 heteroatoms. The van der Waals surface area contributed by atoms with Crippen LogP contribution in [0.25, 0.3) is 0 Å². The van der Waals surface area contributed by atoms with E-state index in [1.807, 2.05) is 0 Å². The van der Waals surface area contributed by atoms with Crippen molar-refractivity contribution in [3.05, 3.63) is 33.5 Å². The Labute approximate surface area is 102 Å². The van der Waals surface area contributed by atoms with E-state index in [9.17, 15) is 22.4 Å². The second-order valence-electron chi connectivity index (χ2n) is 2.83. The molecule has 1 nitrogen and oxygen atoms in total. The van der Waals surface area contributed by atoms with Crippen LogP contribution in [0.2, 0.25) is 0 Å². The van der Waals surface area contributed by atoms with Crippen molar-refractivity contribution in [3.63, 3.8) is 0 Å². The fourth-order valence-electron chi connectivity index (χ4n) is 1.17. The Balaban J connectivity index is 3.56. The number of ketones is 1. The lowest BCUT2D eigenvalue weighted by atomic mass is 10.0. The Morgan fingerprint density at radius 1 is 1.38 bits per heavy atom. The highest BCUT2D eigenvalue weighted by molar-refractivity contribution is 9.10. The van der Waals surface area contributed by atoms with Crippen LogP contribution in [0.3, 0.4) is 0 Å². The molecule has 0 bridgehead atoms. The van der Waals surface area contributed by atoms with Gasteiger partial charge in [0.05, 0.1) is 17.0 Å². The summed E-state index contributed by atoms with van der Waals surface area (Å²) in [4.78, 5) is 11.2. The Morgan fingerprint density at radius 2 is 1.94 bits per heavy atom. The maximum absolute atomic E-state index is 13.2. The first-order valence-electron chi connectivity index (χ1n) is 3.93. The molecule has 0 spiro atoms. The number of alkyl halides is 4. The highest BCUT2D eigenvalue weighted by atomic mass is 79.9. The zero-order valence-corrected chi connectivity index (χ0v) is 9.88. The summed E-state index contributed by atoms with van der Waals surface area (Å²) in [7, 11) is 0. The topological polar surface area (TPSA) is 17.1 Å². The van der Waals surface area contributed by atoms with E-state index in [0.717, 1.165) is 12.1 Å². The van der Waals surface area contributed by atoms with Crippen LogP contribution in [0.4, 0.5) is 17.6 Å². The number of carbonyl (C=O) groups excluding carboxylic acids is 1. The Kier molecular flexibility index (Phi) is 3.96. The molecule has 1 rings (SSSR count). The van der Waals surface area contributed by atoms with Crippen molar-refractivity contribution < 1.29 is 22.4 Å². The molecule has 1 aromatic rings. The van der Waals surface area contributed by atoms with Gasteiger partial charge in [-0.15, -0.1) is 11.6 Å². The first kappa shape index (κ1) is 13.4. The third kappa shape index (κ3) is 2.55. The van der Waals surface area contributed by atoms with Gasteiger partial charge in [0, 0.05) is 4.47 Å². The third-order valence-electron chi connectivity index (χ3n) is 1.79. The van der Waals surface area contributed by atoms with E-state index in [-0.39, 0.29) is 0 Å². The van der Waals surface area contributed by atoms with Gasteiger partial charge in [0.2, 0.25) is 0 Å². The summed E-state index contributed by atoms with van der Waals surface area (Å²) >= 11 is 7.77. The maximum atomic E-state index is 13.2. The summed E-state index contributed by atoms with van der Waals surface area (Å²) in [5.74, 6) is -3.05. The molecule has 0 radical (unpaired) electrons. The summed E-state index contributed by atoms with van der Waals surface area (Å²) < 4.78 is 50.6. The summed E-state index contributed by atoms with van der Waals surface area (Å²) in [6.45, 7) is 0. The molecule has 0 saturated heterocycles. The number of rotatable bonds is 2. The molecule has 0 aliphatic heterocycles. The lowest BCUT2D eigenvalue weighted by Gasteiger charge is -2.13. The molecule has 0 heterocycles. The van der Waals surface area contributed by atoms with Crippen molar-refractivity contribution in [1.29, 1.82) is 0 Å². The predicted molar refractivity (Wildman–Crippen MR) is 54.2 cm³/mol. The number of carbonyl (C=O) groups is 1. The summed E-state index contributed by atoms with van der Waals surface area (Å²) in [5.41, 5.74) is -2.37. The van der Waals surface area contributed by atoms with Crippen molar-refractivity contribution in [2.45, 2.75) is 6.18 Å². The smallest absolute Gasteiger partial charge is 0.293 e. The van der Waals surface area contributed by atoms with Gasteiger partial charge in [-0.2, -0.15) is 13.2 Å². The normalized spacial score (nSPS) is 11.6. The fraction of sp³-hybridized carbons (Fsp3) is 0.222. The Hall–Kier alpha value is -0.620. The van der Waals surface area contributed by atoms with Crippen molar-refractivity contribution in [2.75, 3.05) is 5.88 Å². The van der Waals surface area contributed by atoms with Crippen LogP contribution in [-0.2, 0) is 6.18 Å². The zero-order valence-electron chi connectivity index (χ0n) is 7.54. The van der Waals surface area contributed by atoms with E-state index < -0.39 is 39.3 Å². The van der Waals surface area contributed by atoms with Crippen LogP contribution < -0.4 is 0 Å². The summed E-state index contributed by atoms with van der Waals surface area (Å²) in [6.07, 6.45) is -4.82. The molecule has 0 atom stereocenters. The molecule has 0 saturated carbocycles. The van der Waals surface area contributed by atoms with Gasteiger partial charge in [0.1, 0.15) is 5.82 Å². The van der Waals surface area contributed by atoms with Gasteiger partial charge in [-0.1, -0.05) is 15.9 Å². The number of benzene rings is 1. The number of Topliss-reactive ketones (excluding diaryl/α,β-unsaturated/α-hetero) is 1. The van der Waals surface area contributed by atoms with Crippen molar-refractivity contribution in [1.82, 2.24) is 0 Å². The molecule has 88 valence electrons. The van der Waals surface area contributed by atoms with E-state index in [1.54, 1.807) is 0 Å². The van der Waals surface area contributed by atoms with E-state index in [2.05, 4.69) is 15.9 Å². The lowest BCUT2D eigenvalue weighted by molar-refractivity contribution is -0.138. The van der Waals surface area contributed by atoms with Gasteiger partial charge in [-0.05, 0) is 12.1 Å². The van der Waals surface area contributed by atoms with Crippen molar-refractivity contribution >= 4 is 33.3 Å². The lowest BCUT2D eigenvalue weighted by Crippen LogP contribution is -2.16.